The van der Waals surface area contributed by atoms with E-state index in [2.05, 4.69) is 13.8 Å². The van der Waals surface area contributed by atoms with Gasteiger partial charge in [-0.25, -0.2) is 0 Å². The van der Waals surface area contributed by atoms with Gasteiger partial charge in [0.05, 0.1) is 7.11 Å². The number of hydrogen-bond donors (Lipinski definition) is 0. The molecule has 0 atom stereocenters. The highest BCUT2D eigenvalue weighted by Gasteiger charge is 2.38. The fourth-order valence-corrected chi connectivity index (χ4v) is 3.32. The molecule has 4 heteroatoms. The summed E-state index contributed by atoms with van der Waals surface area (Å²) >= 11 is 0. The van der Waals surface area contributed by atoms with Crippen molar-refractivity contribution in [2.24, 2.45) is 0 Å². The summed E-state index contributed by atoms with van der Waals surface area (Å²) in [4.78, 5) is 12.9. The first-order chi connectivity index (χ1) is 12.0. The monoisotopic (exact) mass is 336 g/mol. The number of rotatable bonds is 2. The molecule has 2 aliphatic heterocycles. The van der Waals surface area contributed by atoms with Gasteiger partial charge in [0, 0.05) is 11.6 Å². The molecule has 0 unspecified atom stereocenters. The quantitative estimate of drug-likeness (QED) is 0.762. The summed E-state index contributed by atoms with van der Waals surface area (Å²) in [5.74, 6) is 1.98. The molecule has 2 aromatic carbocycles. The van der Waals surface area contributed by atoms with Gasteiger partial charge in [-0.1, -0.05) is 30.3 Å². The van der Waals surface area contributed by atoms with E-state index in [0.29, 0.717) is 22.8 Å². The number of benzene rings is 2. The molecule has 0 saturated heterocycles. The van der Waals surface area contributed by atoms with Gasteiger partial charge in [0.15, 0.2) is 5.76 Å². The zero-order valence-corrected chi connectivity index (χ0v) is 14.6. The lowest BCUT2D eigenvalue weighted by Gasteiger charge is -2.33. The molecule has 4 nitrogen and oxygen atoms in total. The molecule has 128 valence electrons. The summed E-state index contributed by atoms with van der Waals surface area (Å²) < 4.78 is 17.5. The molecule has 0 N–H and O–H groups in total. The molecule has 4 rings (SSSR count). The Kier molecular flexibility index (Phi) is 3.57. The number of ether oxygens (including phenoxy) is 3. The summed E-state index contributed by atoms with van der Waals surface area (Å²) in [5, 5.41) is 0. The smallest absolute Gasteiger partial charge is 0.235 e. The van der Waals surface area contributed by atoms with Crippen molar-refractivity contribution in [1.82, 2.24) is 0 Å². The van der Waals surface area contributed by atoms with Crippen LogP contribution in [0.15, 0.2) is 42.2 Å². The molecule has 2 aliphatic rings. The molecular formula is C21H20O4. The summed E-state index contributed by atoms with van der Waals surface area (Å²) in [7, 11) is 1.56. The van der Waals surface area contributed by atoms with Crippen LogP contribution in [0.4, 0.5) is 0 Å². The van der Waals surface area contributed by atoms with Crippen molar-refractivity contribution in [2.75, 3.05) is 7.11 Å². The standard InChI is InChI=1S/C21H20O4/c1-21(2)10-9-14-15(25-21)12-16(23-3)18-19(22)17(24-20(14)18)11-13-7-5-4-6-8-13/h4-8,11-12H,9-10H2,1-3H3/b17-11-. The van der Waals surface area contributed by atoms with Crippen LogP contribution in [0.1, 0.15) is 41.8 Å². The molecule has 0 amide bonds. The van der Waals surface area contributed by atoms with Crippen LogP contribution in [0.5, 0.6) is 17.2 Å². The number of Topliss-reactive ketones (excluding diaryl/α,β-unsaturated/α-hetero) is 1. The molecule has 0 saturated carbocycles. The van der Waals surface area contributed by atoms with Crippen LogP contribution in [-0.4, -0.2) is 18.5 Å². The maximum Gasteiger partial charge on any atom is 0.235 e. The molecule has 0 bridgehead atoms. The zero-order valence-electron chi connectivity index (χ0n) is 14.6. The summed E-state index contributed by atoms with van der Waals surface area (Å²) in [6.45, 7) is 4.12. The van der Waals surface area contributed by atoms with E-state index in [9.17, 15) is 4.79 Å². The lowest BCUT2D eigenvalue weighted by molar-refractivity contribution is 0.0835. The third-order valence-corrected chi connectivity index (χ3v) is 4.65. The van der Waals surface area contributed by atoms with Crippen LogP contribution in [0.25, 0.3) is 6.08 Å². The van der Waals surface area contributed by atoms with Gasteiger partial charge in [-0.15, -0.1) is 0 Å². The first-order valence-electron chi connectivity index (χ1n) is 8.41. The predicted molar refractivity (Wildman–Crippen MR) is 95.4 cm³/mol. The fraction of sp³-hybridized carbons (Fsp3) is 0.286. The minimum absolute atomic E-state index is 0.150. The number of methoxy groups -OCH3 is 1. The molecule has 0 spiro atoms. The Morgan fingerprint density at radius 2 is 1.96 bits per heavy atom. The van der Waals surface area contributed by atoms with Crippen molar-refractivity contribution in [3.63, 3.8) is 0 Å². The van der Waals surface area contributed by atoms with Crippen molar-refractivity contribution in [1.29, 1.82) is 0 Å². The van der Waals surface area contributed by atoms with Gasteiger partial charge < -0.3 is 14.2 Å². The van der Waals surface area contributed by atoms with Gasteiger partial charge in [-0.3, -0.25) is 4.79 Å². The first-order valence-corrected chi connectivity index (χ1v) is 8.41. The predicted octanol–water partition coefficient (Wildman–Crippen LogP) is 4.42. The van der Waals surface area contributed by atoms with E-state index in [4.69, 9.17) is 14.2 Å². The second kappa shape index (κ2) is 5.66. The lowest BCUT2D eigenvalue weighted by atomic mass is 9.92. The lowest BCUT2D eigenvalue weighted by Crippen LogP contribution is -2.32. The minimum Gasteiger partial charge on any atom is -0.496 e. The van der Waals surface area contributed by atoms with Crippen LogP contribution in [0.3, 0.4) is 0 Å². The molecule has 0 radical (unpaired) electrons. The van der Waals surface area contributed by atoms with E-state index >= 15 is 0 Å². The summed E-state index contributed by atoms with van der Waals surface area (Å²) in [6, 6.07) is 11.5. The zero-order chi connectivity index (χ0) is 17.6. The van der Waals surface area contributed by atoms with Crippen LogP contribution >= 0.6 is 0 Å². The second-order valence-corrected chi connectivity index (χ2v) is 6.97. The number of carbonyl (C=O) groups excluding carboxylic acids is 1. The Hall–Kier alpha value is -2.75. The third-order valence-electron chi connectivity index (χ3n) is 4.65. The Morgan fingerprint density at radius 3 is 2.68 bits per heavy atom. The van der Waals surface area contributed by atoms with Gasteiger partial charge in [-0.2, -0.15) is 0 Å². The number of hydrogen-bond acceptors (Lipinski definition) is 4. The van der Waals surface area contributed by atoms with Crippen molar-refractivity contribution < 1.29 is 19.0 Å². The molecular weight excluding hydrogens is 316 g/mol. The van der Waals surface area contributed by atoms with Gasteiger partial charge >= 0.3 is 0 Å². The highest BCUT2D eigenvalue weighted by atomic mass is 16.5. The molecule has 0 aliphatic carbocycles. The van der Waals surface area contributed by atoms with Crippen LogP contribution in [0, 0.1) is 0 Å². The Labute approximate surface area is 147 Å². The van der Waals surface area contributed by atoms with Crippen molar-refractivity contribution in [3.05, 3.63) is 58.8 Å². The number of carbonyl (C=O) groups is 1. The first kappa shape index (κ1) is 15.8. The SMILES string of the molecule is COc1cc2c(c3c1C(=O)/C(=C/c1ccccc1)O3)CCC(C)(C)O2. The van der Waals surface area contributed by atoms with E-state index in [1.165, 1.54) is 0 Å². The van der Waals surface area contributed by atoms with E-state index in [0.717, 1.165) is 29.7 Å². The maximum absolute atomic E-state index is 12.9. The number of allylic oxidation sites excluding steroid dienone is 1. The van der Waals surface area contributed by atoms with E-state index in [1.54, 1.807) is 13.2 Å². The molecule has 25 heavy (non-hydrogen) atoms. The largest absolute Gasteiger partial charge is 0.496 e. The molecule has 2 heterocycles. The van der Waals surface area contributed by atoms with Gasteiger partial charge in [0.25, 0.3) is 0 Å². The Bertz CT molecular complexity index is 879. The average Bonchev–Trinajstić information content (AvgIpc) is 2.91. The topological polar surface area (TPSA) is 44.8 Å². The maximum atomic E-state index is 12.9. The summed E-state index contributed by atoms with van der Waals surface area (Å²) in [6.07, 6.45) is 3.44. The third kappa shape index (κ3) is 2.68. The van der Waals surface area contributed by atoms with Crippen LogP contribution < -0.4 is 14.2 Å². The summed E-state index contributed by atoms with van der Waals surface area (Å²) in [5.41, 5.74) is 2.12. The molecule has 2 aromatic rings. The van der Waals surface area contributed by atoms with Gasteiger partial charge in [0.2, 0.25) is 5.78 Å². The van der Waals surface area contributed by atoms with E-state index in [-0.39, 0.29) is 11.4 Å². The van der Waals surface area contributed by atoms with Crippen molar-refractivity contribution >= 4 is 11.9 Å². The minimum atomic E-state index is -0.239. The Balaban J connectivity index is 1.82. The van der Waals surface area contributed by atoms with Crippen LogP contribution in [-0.2, 0) is 6.42 Å². The van der Waals surface area contributed by atoms with Gasteiger partial charge in [0.1, 0.15) is 28.4 Å². The normalized spacial score (nSPS) is 19.0. The highest BCUT2D eigenvalue weighted by Crippen LogP contribution is 2.48. The van der Waals surface area contributed by atoms with Crippen molar-refractivity contribution in [2.45, 2.75) is 32.3 Å². The fourth-order valence-electron chi connectivity index (χ4n) is 3.32. The molecule has 0 fully saturated rings. The number of ketones is 1. The van der Waals surface area contributed by atoms with E-state index < -0.39 is 0 Å². The van der Waals surface area contributed by atoms with Gasteiger partial charge in [-0.05, 0) is 38.3 Å². The highest BCUT2D eigenvalue weighted by molar-refractivity contribution is 6.16. The van der Waals surface area contributed by atoms with E-state index in [1.807, 2.05) is 36.4 Å². The van der Waals surface area contributed by atoms with Crippen molar-refractivity contribution in [3.8, 4) is 17.2 Å². The van der Waals surface area contributed by atoms with Crippen LogP contribution in [0.2, 0.25) is 0 Å². The Morgan fingerprint density at radius 1 is 1.20 bits per heavy atom. The second-order valence-electron chi connectivity index (χ2n) is 6.97. The average molecular weight is 336 g/mol. The molecule has 0 aromatic heterocycles. The number of fused-ring (bicyclic) bond motifs is 3.